The molecule has 0 spiro atoms. The van der Waals surface area contributed by atoms with Crippen molar-refractivity contribution < 1.29 is 14.2 Å². The van der Waals surface area contributed by atoms with E-state index in [9.17, 15) is 9.50 Å². The van der Waals surface area contributed by atoms with Gasteiger partial charge in [-0.1, -0.05) is 29.8 Å². The molecule has 1 N–H and O–H groups in total. The van der Waals surface area contributed by atoms with Crippen molar-refractivity contribution >= 4 is 11.6 Å². The lowest BCUT2D eigenvalue weighted by atomic mass is 10.0. The van der Waals surface area contributed by atoms with Crippen molar-refractivity contribution in [1.29, 1.82) is 0 Å². The van der Waals surface area contributed by atoms with Crippen LogP contribution in [0.5, 0.6) is 5.75 Å². The molecule has 0 aliphatic carbocycles. The molecule has 0 aromatic heterocycles. The maximum Gasteiger partial charge on any atom is 0.142 e. The Balaban J connectivity index is 2.00. The van der Waals surface area contributed by atoms with E-state index in [0.29, 0.717) is 12.8 Å². The Labute approximate surface area is 122 Å². The molecule has 2 nitrogen and oxygen atoms in total. The molecule has 0 saturated heterocycles. The van der Waals surface area contributed by atoms with Crippen LogP contribution in [0.15, 0.2) is 42.5 Å². The lowest BCUT2D eigenvalue weighted by Gasteiger charge is -2.12. The first-order chi connectivity index (χ1) is 9.58. The molecule has 0 fully saturated rings. The largest absolute Gasteiger partial charge is 0.497 e. The summed E-state index contributed by atoms with van der Waals surface area (Å²) in [5.41, 5.74) is 1.70. The molecule has 0 amide bonds. The van der Waals surface area contributed by atoms with Crippen LogP contribution in [0.2, 0.25) is 5.02 Å². The summed E-state index contributed by atoms with van der Waals surface area (Å²) in [6.45, 7) is 0. The van der Waals surface area contributed by atoms with Crippen LogP contribution < -0.4 is 4.74 Å². The molecular formula is C16H16ClFO2. The zero-order valence-corrected chi connectivity index (χ0v) is 11.9. The summed E-state index contributed by atoms with van der Waals surface area (Å²) in [6.07, 6.45) is 0.287. The molecule has 2 aromatic carbocycles. The Bertz CT molecular complexity index is 586. The Morgan fingerprint density at radius 3 is 2.50 bits per heavy atom. The SMILES string of the molecule is COc1cccc(CC(O)Cc2ccc(Cl)c(F)c2)c1. The van der Waals surface area contributed by atoms with Crippen LogP contribution in [-0.2, 0) is 12.8 Å². The predicted octanol–water partition coefficient (Wildman–Crippen LogP) is 3.63. The summed E-state index contributed by atoms with van der Waals surface area (Å²) in [6, 6.07) is 12.1. The quantitative estimate of drug-likeness (QED) is 0.912. The Hall–Kier alpha value is -1.58. The number of benzene rings is 2. The van der Waals surface area contributed by atoms with Crippen molar-refractivity contribution in [1.82, 2.24) is 0 Å². The monoisotopic (exact) mass is 294 g/mol. The van der Waals surface area contributed by atoms with Crippen LogP contribution in [0.4, 0.5) is 4.39 Å². The summed E-state index contributed by atoms with van der Waals surface area (Å²) < 4.78 is 18.5. The van der Waals surface area contributed by atoms with E-state index in [1.807, 2.05) is 24.3 Å². The minimum absolute atomic E-state index is 0.0936. The molecule has 0 bridgehead atoms. The highest BCUT2D eigenvalue weighted by atomic mass is 35.5. The summed E-state index contributed by atoms with van der Waals surface area (Å²) in [5, 5.41) is 10.2. The number of halogens is 2. The molecule has 4 heteroatoms. The van der Waals surface area contributed by atoms with E-state index in [4.69, 9.17) is 16.3 Å². The molecule has 0 radical (unpaired) electrons. The summed E-state index contributed by atoms with van der Waals surface area (Å²) in [7, 11) is 1.60. The zero-order chi connectivity index (χ0) is 14.5. The van der Waals surface area contributed by atoms with Crippen LogP contribution in [0.1, 0.15) is 11.1 Å². The van der Waals surface area contributed by atoms with E-state index in [1.165, 1.54) is 12.1 Å². The summed E-state index contributed by atoms with van der Waals surface area (Å²) >= 11 is 5.63. The zero-order valence-electron chi connectivity index (χ0n) is 11.1. The molecular weight excluding hydrogens is 279 g/mol. The van der Waals surface area contributed by atoms with Gasteiger partial charge < -0.3 is 9.84 Å². The van der Waals surface area contributed by atoms with E-state index < -0.39 is 11.9 Å². The van der Waals surface area contributed by atoms with Gasteiger partial charge in [0.25, 0.3) is 0 Å². The average molecular weight is 295 g/mol. The lowest BCUT2D eigenvalue weighted by Crippen LogP contribution is -2.14. The van der Waals surface area contributed by atoms with Gasteiger partial charge in [0, 0.05) is 0 Å². The second kappa shape index (κ2) is 6.73. The molecule has 0 aliphatic rings. The van der Waals surface area contributed by atoms with Gasteiger partial charge in [-0.3, -0.25) is 0 Å². The van der Waals surface area contributed by atoms with Crippen molar-refractivity contribution in [3.8, 4) is 5.75 Å². The molecule has 2 rings (SSSR count). The Kier molecular flexibility index (Phi) is 4.99. The molecule has 2 aromatic rings. The number of aliphatic hydroxyl groups is 1. The van der Waals surface area contributed by atoms with Gasteiger partial charge in [0.1, 0.15) is 11.6 Å². The van der Waals surface area contributed by atoms with Crippen molar-refractivity contribution in [2.75, 3.05) is 7.11 Å². The lowest BCUT2D eigenvalue weighted by molar-refractivity contribution is 0.175. The fourth-order valence-electron chi connectivity index (χ4n) is 2.08. The minimum atomic E-state index is -0.581. The van der Waals surface area contributed by atoms with E-state index >= 15 is 0 Å². The number of hydrogen-bond acceptors (Lipinski definition) is 2. The van der Waals surface area contributed by atoms with Gasteiger partial charge in [-0.25, -0.2) is 4.39 Å². The minimum Gasteiger partial charge on any atom is -0.497 e. The first kappa shape index (κ1) is 14.8. The van der Waals surface area contributed by atoms with Crippen molar-refractivity contribution in [2.45, 2.75) is 18.9 Å². The summed E-state index contributed by atoms with van der Waals surface area (Å²) in [5.74, 6) is 0.296. The standard InChI is InChI=1S/C16H16ClFO2/c1-20-14-4-2-3-11(9-14)7-13(19)8-12-5-6-15(17)16(18)10-12/h2-6,9-10,13,19H,7-8H2,1H3. The van der Waals surface area contributed by atoms with Gasteiger partial charge in [0.05, 0.1) is 18.2 Å². The first-order valence-corrected chi connectivity index (χ1v) is 6.71. The second-order valence-corrected chi connectivity index (χ2v) is 5.07. The van der Waals surface area contributed by atoms with Gasteiger partial charge in [0.2, 0.25) is 0 Å². The number of aliphatic hydroxyl groups excluding tert-OH is 1. The molecule has 1 atom stereocenters. The van der Waals surface area contributed by atoms with Crippen LogP contribution >= 0.6 is 11.6 Å². The topological polar surface area (TPSA) is 29.5 Å². The molecule has 0 aliphatic heterocycles. The van der Waals surface area contributed by atoms with Crippen LogP contribution in [0.3, 0.4) is 0 Å². The third-order valence-electron chi connectivity index (χ3n) is 3.06. The molecule has 0 heterocycles. The predicted molar refractivity (Wildman–Crippen MR) is 77.8 cm³/mol. The van der Waals surface area contributed by atoms with Gasteiger partial charge in [0.15, 0.2) is 0 Å². The molecule has 106 valence electrons. The fourth-order valence-corrected chi connectivity index (χ4v) is 2.20. The number of rotatable bonds is 5. The van der Waals surface area contributed by atoms with E-state index in [0.717, 1.165) is 16.9 Å². The summed E-state index contributed by atoms with van der Waals surface area (Å²) in [4.78, 5) is 0. The fraction of sp³-hybridized carbons (Fsp3) is 0.250. The van der Waals surface area contributed by atoms with Crippen LogP contribution in [0.25, 0.3) is 0 Å². The maximum absolute atomic E-state index is 13.3. The highest BCUT2D eigenvalue weighted by molar-refractivity contribution is 6.30. The Morgan fingerprint density at radius 2 is 1.85 bits per heavy atom. The molecule has 1 unspecified atom stereocenters. The van der Waals surface area contributed by atoms with E-state index in [-0.39, 0.29) is 5.02 Å². The number of hydrogen-bond donors (Lipinski definition) is 1. The van der Waals surface area contributed by atoms with Gasteiger partial charge >= 0.3 is 0 Å². The van der Waals surface area contributed by atoms with Crippen LogP contribution in [0, 0.1) is 5.82 Å². The smallest absolute Gasteiger partial charge is 0.142 e. The third-order valence-corrected chi connectivity index (χ3v) is 3.37. The number of methoxy groups -OCH3 is 1. The molecule has 20 heavy (non-hydrogen) atoms. The van der Waals surface area contributed by atoms with E-state index in [2.05, 4.69) is 0 Å². The van der Waals surface area contributed by atoms with Crippen molar-refractivity contribution in [2.24, 2.45) is 0 Å². The van der Waals surface area contributed by atoms with Gasteiger partial charge in [-0.05, 0) is 48.2 Å². The highest BCUT2D eigenvalue weighted by Crippen LogP contribution is 2.18. The third kappa shape index (κ3) is 3.95. The highest BCUT2D eigenvalue weighted by Gasteiger charge is 2.09. The number of ether oxygens (including phenoxy) is 1. The van der Waals surface area contributed by atoms with Gasteiger partial charge in [-0.15, -0.1) is 0 Å². The molecule has 0 saturated carbocycles. The average Bonchev–Trinajstić information content (AvgIpc) is 2.43. The second-order valence-electron chi connectivity index (χ2n) is 4.66. The van der Waals surface area contributed by atoms with Crippen molar-refractivity contribution in [3.63, 3.8) is 0 Å². The van der Waals surface area contributed by atoms with Crippen LogP contribution in [-0.4, -0.2) is 18.3 Å². The first-order valence-electron chi connectivity index (χ1n) is 6.33. The maximum atomic E-state index is 13.3. The van der Waals surface area contributed by atoms with E-state index in [1.54, 1.807) is 13.2 Å². The normalized spacial score (nSPS) is 12.2. The van der Waals surface area contributed by atoms with Crippen molar-refractivity contribution in [3.05, 3.63) is 64.4 Å². The van der Waals surface area contributed by atoms with Gasteiger partial charge in [-0.2, -0.15) is 0 Å². The Morgan fingerprint density at radius 1 is 1.15 bits per heavy atom.